The summed E-state index contributed by atoms with van der Waals surface area (Å²) in [5.74, 6) is -0.202. The monoisotopic (exact) mass is 462 g/mol. The number of aryl methyl sites for hydroxylation is 1. The molecule has 0 bridgehead atoms. The standard InChI is InChI=1S/C26H30N4O2S/c1-18-16-21(19(2)30(18)17-20-10-5-4-6-11-20)25-24(22-12-7-8-14-27-22)28-26(33)29(25)15-9-13-23(31)32-3/h4-8,10-12,14,16,24-25H,9,13,15,17H2,1-3H3,(H,28,33)/t24-,25-/m0/s1. The number of nitrogens with one attached hydrogen (secondary N) is 1. The smallest absolute Gasteiger partial charge is 0.305 e. The van der Waals surface area contributed by atoms with Gasteiger partial charge in [0, 0.05) is 37.1 Å². The molecule has 1 N–H and O–H groups in total. The normalized spacial score (nSPS) is 17.8. The Kier molecular flexibility index (Phi) is 7.08. The van der Waals surface area contributed by atoms with Gasteiger partial charge in [-0.2, -0.15) is 0 Å². The number of hydrogen-bond donors (Lipinski definition) is 1. The average Bonchev–Trinajstić information content (AvgIpc) is 3.30. The van der Waals surface area contributed by atoms with Crippen molar-refractivity contribution in [1.82, 2.24) is 19.8 Å². The fourth-order valence-corrected chi connectivity index (χ4v) is 4.95. The van der Waals surface area contributed by atoms with Crippen LogP contribution in [0.25, 0.3) is 0 Å². The van der Waals surface area contributed by atoms with E-state index in [1.54, 1.807) is 0 Å². The van der Waals surface area contributed by atoms with E-state index in [-0.39, 0.29) is 18.1 Å². The van der Waals surface area contributed by atoms with Crippen LogP contribution in [0.15, 0.2) is 60.8 Å². The van der Waals surface area contributed by atoms with Crippen LogP contribution in [0.5, 0.6) is 0 Å². The number of esters is 1. The zero-order chi connectivity index (χ0) is 23.4. The van der Waals surface area contributed by atoms with Gasteiger partial charge in [-0.3, -0.25) is 9.78 Å². The molecule has 3 aromatic rings. The fraction of sp³-hybridized carbons (Fsp3) is 0.346. The number of rotatable bonds is 8. The van der Waals surface area contributed by atoms with Crippen LogP contribution >= 0.6 is 12.2 Å². The summed E-state index contributed by atoms with van der Waals surface area (Å²) in [6, 6.07) is 18.6. The Morgan fingerprint density at radius 2 is 1.91 bits per heavy atom. The molecule has 1 aromatic carbocycles. The average molecular weight is 463 g/mol. The molecule has 0 amide bonds. The molecule has 0 saturated carbocycles. The second-order valence-electron chi connectivity index (χ2n) is 8.40. The molecule has 33 heavy (non-hydrogen) atoms. The van der Waals surface area contributed by atoms with E-state index in [0.717, 1.165) is 12.2 Å². The number of pyridine rings is 1. The van der Waals surface area contributed by atoms with Gasteiger partial charge >= 0.3 is 5.97 Å². The topological polar surface area (TPSA) is 59.4 Å². The minimum Gasteiger partial charge on any atom is -0.469 e. The summed E-state index contributed by atoms with van der Waals surface area (Å²) in [5, 5.41) is 4.18. The van der Waals surface area contributed by atoms with Gasteiger partial charge < -0.3 is 19.5 Å². The van der Waals surface area contributed by atoms with Gasteiger partial charge in [-0.25, -0.2) is 0 Å². The lowest BCUT2D eigenvalue weighted by Crippen LogP contribution is -2.31. The lowest BCUT2D eigenvalue weighted by atomic mass is 9.96. The number of benzene rings is 1. The Morgan fingerprint density at radius 3 is 2.61 bits per heavy atom. The predicted octanol–water partition coefficient (Wildman–Crippen LogP) is 4.47. The van der Waals surface area contributed by atoms with E-state index in [9.17, 15) is 4.79 Å². The summed E-state index contributed by atoms with van der Waals surface area (Å²) < 4.78 is 7.17. The first kappa shape index (κ1) is 23.0. The maximum absolute atomic E-state index is 11.7. The van der Waals surface area contributed by atoms with Crippen LogP contribution in [-0.2, 0) is 16.1 Å². The summed E-state index contributed by atoms with van der Waals surface area (Å²) in [7, 11) is 1.42. The molecule has 2 aromatic heterocycles. The maximum Gasteiger partial charge on any atom is 0.305 e. The first-order valence-corrected chi connectivity index (χ1v) is 11.7. The van der Waals surface area contributed by atoms with Crippen LogP contribution in [0.2, 0.25) is 0 Å². The number of ether oxygens (including phenoxy) is 1. The summed E-state index contributed by atoms with van der Waals surface area (Å²) in [4.78, 5) is 18.5. The van der Waals surface area contributed by atoms with Crippen molar-refractivity contribution in [1.29, 1.82) is 0 Å². The quantitative estimate of drug-likeness (QED) is 0.394. The maximum atomic E-state index is 11.7. The molecule has 2 atom stereocenters. The minimum atomic E-state index is -0.202. The Bertz CT molecular complexity index is 1110. The highest BCUT2D eigenvalue weighted by Gasteiger charge is 2.41. The third-order valence-electron chi connectivity index (χ3n) is 6.32. The highest BCUT2D eigenvalue weighted by atomic mass is 32.1. The van der Waals surface area contributed by atoms with Gasteiger partial charge in [0.05, 0.1) is 24.9 Å². The molecule has 4 rings (SSSR count). The first-order chi connectivity index (χ1) is 16.0. The van der Waals surface area contributed by atoms with Crippen LogP contribution in [-0.4, -0.2) is 39.2 Å². The Labute approximate surface area is 200 Å². The van der Waals surface area contributed by atoms with Gasteiger partial charge in [0.25, 0.3) is 0 Å². The second-order valence-corrected chi connectivity index (χ2v) is 8.78. The Balaban J connectivity index is 1.69. The van der Waals surface area contributed by atoms with Crippen LogP contribution in [0.1, 0.15) is 53.1 Å². The lowest BCUT2D eigenvalue weighted by molar-refractivity contribution is -0.140. The predicted molar refractivity (Wildman–Crippen MR) is 133 cm³/mol. The molecule has 6 nitrogen and oxygen atoms in total. The highest BCUT2D eigenvalue weighted by molar-refractivity contribution is 7.80. The molecule has 1 aliphatic heterocycles. The lowest BCUT2D eigenvalue weighted by Gasteiger charge is -2.28. The van der Waals surface area contributed by atoms with Gasteiger partial charge in [-0.15, -0.1) is 0 Å². The van der Waals surface area contributed by atoms with Crippen molar-refractivity contribution in [3.63, 3.8) is 0 Å². The first-order valence-electron chi connectivity index (χ1n) is 11.2. The number of aromatic nitrogens is 2. The molecule has 172 valence electrons. The van der Waals surface area contributed by atoms with Crippen molar-refractivity contribution in [2.24, 2.45) is 0 Å². The van der Waals surface area contributed by atoms with E-state index in [1.807, 2.05) is 30.5 Å². The van der Waals surface area contributed by atoms with Crippen molar-refractivity contribution >= 4 is 23.3 Å². The zero-order valence-corrected chi connectivity index (χ0v) is 20.1. The number of carbonyl (C=O) groups excluding carboxylic acids is 1. The van der Waals surface area contributed by atoms with E-state index in [1.165, 1.54) is 29.6 Å². The van der Waals surface area contributed by atoms with Crippen LogP contribution in [0.3, 0.4) is 0 Å². The van der Waals surface area contributed by atoms with Gasteiger partial charge in [-0.05, 0) is 61.8 Å². The van der Waals surface area contributed by atoms with E-state index >= 15 is 0 Å². The third kappa shape index (κ3) is 4.93. The molecule has 0 radical (unpaired) electrons. The summed E-state index contributed by atoms with van der Waals surface area (Å²) in [6.07, 6.45) is 2.85. The van der Waals surface area contributed by atoms with Crippen molar-refractivity contribution < 1.29 is 9.53 Å². The third-order valence-corrected chi connectivity index (χ3v) is 6.67. The fourth-order valence-electron chi connectivity index (χ4n) is 4.62. The Hall–Kier alpha value is -3.19. The van der Waals surface area contributed by atoms with Crippen LogP contribution < -0.4 is 5.32 Å². The highest BCUT2D eigenvalue weighted by Crippen LogP contribution is 2.41. The van der Waals surface area contributed by atoms with E-state index < -0.39 is 0 Å². The summed E-state index contributed by atoms with van der Waals surface area (Å²) in [6.45, 7) is 5.81. The van der Waals surface area contributed by atoms with E-state index in [4.69, 9.17) is 17.0 Å². The Morgan fingerprint density at radius 1 is 1.15 bits per heavy atom. The largest absolute Gasteiger partial charge is 0.469 e. The van der Waals surface area contributed by atoms with Gasteiger partial charge in [0.1, 0.15) is 0 Å². The number of thiocarbonyl (C=S) groups is 1. The number of nitrogens with zero attached hydrogens (tertiary/aromatic N) is 3. The molecule has 0 aliphatic carbocycles. The SMILES string of the molecule is COC(=O)CCCN1C(=S)N[C@@H](c2ccccn2)[C@@H]1c1cc(C)n(Cc2ccccc2)c1C. The molecule has 0 unspecified atom stereocenters. The molecular formula is C26H30N4O2S. The molecule has 1 fully saturated rings. The number of carbonyl (C=O) groups is 1. The van der Waals surface area contributed by atoms with Crippen molar-refractivity contribution in [2.75, 3.05) is 13.7 Å². The van der Waals surface area contributed by atoms with Crippen molar-refractivity contribution in [3.8, 4) is 0 Å². The second kappa shape index (κ2) is 10.2. The minimum absolute atomic E-state index is 0.0132. The molecule has 0 spiro atoms. The molecule has 7 heteroatoms. The molecule has 1 aliphatic rings. The van der Waals surface area contributed by atoms with Gasteiger partial charge in [-0.1, -0.05) is 36.4 Å². The number of hydrogen-bond acceptors (Lipinski definition) is 4. The van der Waals surface area contributed by atoms with Crippen LogP contribution in [0, 0.1) is 13.8 Å². The van der Waals surface area contributed by atoms with Gasteiger partial charge in [0.2, 0.25) is 0 Å². The van der Waals surface area contributed by atoms with E-state index in [2.05, 4.69) is 63.9 Å². The van der Waals surface area contributed by atoms with Crippen LogP contribution in [0.4, 0.5) is 0 Å². The van der Waals surface area contributed by atoms with Crippen molar-refractivity contribution in [2.45, 2.75) is 45.3 Å². The molecular weight excluding hydrogens is 432 g/mol. The molecule has 1 saturated heterocycles. The number of methoxy groups -OCH3 is 1. The summed E-state index contributed by atoms with van der Waals surface area (Å²) in [5.41, 5.74) is 5.87. The van der Waals surface area contributed by atoms with E-state index in [0.29, 0.717) is 24.5 Å². The van der Waals surface area contributed by atoms with Crippen molar-refractivity contribution in [3.05, 3.63) is 89.0 Å². The zero-order valence-electron chi connectivity index (χ0n) is 19.3. The van der Waals surface area contributed by atoms with Gasteiger partial charge in [0.15, 0.2) is 5.11 Å². The molecule has 3 heterocycles. The summed E-state index contributed by atoms with van der Waals surface area (Å²) >= 11 is 5.75.